The first-order chi connectivity index (χ1) is 53.7. The van der Waals surface area contributed by atoms with Gasteiger partial charge < -0.3 is 69.9 Å². The summed E-state index contributed by atoms with van der Waals surface area (Å²) in [4.78, 5) is 146. The molecule has 8 aromatic rings. The number of amides is 5. The Morgan fingerprint density at radius 3 is 1.24 bits per heavy atom. The zero-order valence-corrected chi connectivity index (χ0v) is 70.8. The Bertz CT molecular complexity index is 4630. The molecule has 1 saturated heterocycles. The number of fused-ring (bicyclic) bond motifs is 1. The second-order valence-electron chi connectivity index (χ2n) is 27.5. The number of aliphatic hydroxyl groups excluding tert-OH is 2. The molecule has 7 N–H and O–H groups in total. The number of esters is 6. The van der Waals surface area contributed by atoms with E-state index >= 15 is 0 Å². The molecule has 114 heavy (non-hydrogen) atoms. The molecule has 34 heteroatoms. The highest BCUT2D eigenvalue weighted by molar-refractivity contribution is 9.11. The van der Waals surface area contributed by atoms with E-state index in [1.54, 1.807) is 22.7 Å². The third-order valence-electron chi connectivity index (χ3n) is 15.4. The molecule has 0 unspecified atom stereocenters. The molecular weight excluding hydrogens is 1680 g/mol. The Kier molecular flexibility index (Phi) is 36.9. The van der Waals surface area contributed by atoms with Gasteiger partial charge in [0, 0.05) is 116 Å². The summed E-state index contributed by atoms with van der Waals surface area (Å²) in [5.74, 6) is -9.26. The van der Waals surface area contributed by atoms with E-state index in [4.69, 9.17) is 44.3 Å². The lowest BCUT2D eigenvalue weighted by Gasteiger charge is -2.22. The van der Waals surface area contributed by atoms with Gasteiger partial charge in [0.1, 0.15) is 5.60 Å². The van der Waals surface area contributed by atoms with Crippen LogP contribution in [0.2, 0.25) is 15.1 Å². The number of hydrogen-bond acceptors (Lipinski definition) is 24. The average molecular weight is 1770 g/mol. The van der Waals surface area contributed by atoms with E-state index in [9.17, 15) is 72.9 Å². The number of hydrogen-bond donors (Lipinski definition) is 7. The molecule has 6 atom stereocenters. The number of rotatable bonds is 25. The summed E-state index contributed by atoms with van der Waals surface area (Å²) < 4.78 is 28.9. The number of carboxylic acid groups (broad SMARTS) is 1. The topological polar surface area (TPSA) is 372 Å². The van der Waals surface area contributed by atoms with Gasteiger partial charge in [-0.1, -0.05) is 134 Å². The lowest BCUT2D eigenvalue weighted by atomic mass is 9.92. The quantitative estimate of drug-likeness (QED) is 0.0159. The van der Waals surface area contributed by atoms with Gasteiger partial charge >= 0.3 is 47.9 Å². The van der Waals surface area contributed by atoms with E-state index < -0.39 is 108 Å². The number of aliphatic carboxylic acids is 1. The number of carbonyl (C=O) groups is 12. The molecule has 0 spiro atoms. The summed E-state index contributed by atoms with van der Waals surface area (Å²) in [6.07, 6.45) is -8.13. The van der Waals surface area contributed by atoms with Gasteiger partial charge in [0.25, 0.3) is 17.7 Å². The first kappa shape index (κ1) is 93.5. The number of aliphatic hydroxyl groups is 2. The van der Waals surface area contributed by atoms with Crippen molar-refractivity contribution in [3.05, 3.63) is 226 Å². The number of cyclic esters (lactones) is 2. The molecule has 10 rings (SSSR count). The second-order valence-corrected chi connectivity index (χ2v) is 35.0. The summed E-state index contributed by atoms with van der Waals surface area (Å²) in [6.45, 7) is 17.9. The molecule has 4 aromatic heterocycles. The Labute approximate surface area is 698 Å². The molecule has 0 bridgehead atoms. The molecular formula is C80H87BrCl3N5O21S4. The van der Waals surface area contributed by atoms with Crippen LogP contribution in [-0.2, 0) is 140 Å². The van der Waals surface area contributed by atoms with Crippen molar-refractivity contribution in [3.8, 4) is 0 Å². The smallest absolute Gasteiger partial charge is 0.407 e. The minimum atomic E-state index is -1.95. The number of alkyl carbamates (subject to hydrolysis) is 1. The molecule has 0 aliphatic carbocycles. The number of thiophene rings is 4. The fourth-order valence-electron chi connectivity index (χ4n) is 10.4. The van der Waals surface area contributed by atoms with Crippen LogP contribution in [0, 0.1) is 5.41 Å². The van der Waals surface area contributed by atoms with Gasteiger partial charge in [-0.2, -0.15) is 0 Å². The number of carboxylic acids is 1. The van der Waals surface area contributed by atoms with Crippen LogP contribution in [0.4, 0.5) is 4.79 Å². The summed E-state index contributed by atoms with van der Waals surface area (Å²) >= 11 is 28.2. The van der Waals surface area contributed by atoms with Crippen LogP contribution in [0.5, 0.6) is 0 Å². The molecule has 4 aromatic carbocycles. The van der Waals surface area contributed by atoms with Crippen LogP contribution in [0.1, 0.15) is 138 Å². The lowest BCUT2D eigenvalue weighted by Crippen LogP contribution is -2.49. The van der Waals surface area contributed by atoms with E-state index in [1.807, 2.05) is 160 Å². The fraction of sp³-hybridized carbons (Fsp3) is 0.350. The van der Waals surface area contributed by atoms with Gasteiger partial charge in [-0.25, -0.2) is 19.2 Å². The Balaban J connectivity index is 0.000000229. The maximum atomic E-state index is 12.6. The number of halogens is 4. The fourth-order valence-corrected chi connectivity index (χ4v) is 15.3. The van der Waals surface area contributed by atoms with E-state index in [0.717, 1.165) is 95.1 Å². The Hall–Kier alpha value is -9.41. The predicted molar refractivity (Wildman–Crippen MR) is 434 cm³/mol. The van der Waals surface area contributed by atoms with Crippen LogP contribution in [-0.4, -0.2) is 134 Å². The van der Waals surface area contributed by atoms with Crippen LogP contribution in [0.3, 0.4) is 0 Å². The number of nitrogens with zero attached hydrogens (tertiary/aromatic N) is 1. The first-order valence-electron chi connectivity index (χ1n) is 35.1. The van der Waals surface area contributed by atoms with Crippen molar-refractivity contribution in [2.45, 2.75) is 176 Å². The van der Waals surface area contributed by atoms with Gasteiger partial charge in [0.05, 0.1) is 30.0 Å². The predicted octanol–water partition coefficient (Wildman–Crippen LogP) is 12.9. The maximum absolute atomic E-state index is 12.6. The highest BCUT2D eigenvalue weighted by atomic mass is 79.9. The van der Waals surface area contributed by atoms with Crippen molar-refractivity contribution < 1.29 is 101 Å². The first-order valence-corrected chi connectivity index (χ1v) is 40.3. The number of carbonyl (C=O) groups excluding carboxylic acids is 11. The zero-order valence-electron chi connectivity index (χ0n) is 63.7. The van der Waals surface area contributed by atoms with Gasteiger partial charge in [0.15, 0.2) is 12.2 Å². The van der Waals surface area contributed by atoms with E-state index in [2.05, 4.69) is 83.0 Å². The average Bonchev–Trinajstić information content (AvgIpc) is 1.65. The van der Waals surface area contributed by atoms with Crippen LogP contribution < -0.4 is 21.3 Å². The molecule has 0 saturated carbocycles. The van der Waals surface area contributed by atoms with Crippen molar-refractivity contribution in [1.29, 1.82) is 0 Å². The minimum absolute atomic E-state index is 0.0557. The molecule has 610 valence electrons. The van der Waals surface area contributed by atoms with Gasteiger partial charge in [-0.3, -0.25) is 38.4 Å². The number of nitrogens with one attached hydrogen (secondary N) is 4. The van der Waals surface area contributed by atoms with E-state index in [-0.39, 0.29) is 24.4 Å². The zero-order chi connectivity index (χ0) is 84.1. The van der Waals surface area contributed by atoms with Crippen molar-refractivity contribution in [2.24, 2.45) is 5.41 Å². The monoisotopic (exact) mass is 1770 g/mol. The summed E-state index contributed by atoms with van der Waals surface area (Å²) in [5, 5.41) is 42.7. The van der Waals surface area contributed by atoms with Crippen molar-refractivity contribution in [1.82, 2.24) is 26.2 Å². The maximum Gasteiger partial charge on any atom is 0.407 e. The summed E-state index contributed by atoms with van der Waals surface area (Å²) in [6, 6.07) is 46.2. The van der Waals surface area contributed by atoms with Crippen molar-refractivity contribution >= 4 is 168 Å². The molecule has 5 amide bonds. The minimum Gasteiger partial charge on any atom is -0.478 e. The largest absolute Gasteiger partial charge is 0.478 e. The van der Waals surface area contributed by atoms with Crippen LogP contribution >= 0.6 is 96.1 Å². The second kappa shape index (κ2) is 45.0. The van der Waals surface area contributed by atoms with Crippen molar-refractivity contribution in [3.63, 3.8) is 0 Å². The Morgan fingerprint density at radius 1 is 0.491 bits per heavy atom. The van der Waals surface area contributed by atoms with Gasteiger partial charge in [-0.05, 0) is 137 Å². The van der Waals surface area contributed by atoms with Crippen LogP contribution in [0.15, 0.2) is 149 Å². The van der Waals surface area contributed by atoms with Crippen molar-refractivity contribution in [2.75, 3.05) is 0 Å². The molecule has 26 nitrogen and oxygen atoms in total. The van der Waals surface area contributed by atoms with E-state index in [0.29, 0.717) is 55.5 Å². The Morgan fingerprint density at radius 2 is 0.860 bits per heavy atom. The lowest BCUT2D eigenvalue weighted by molar-refractivity contribution is -0.180. The third-order valence-corrected chi connectivity index (χ3v) is 21.4. The highest BCUT2D eigenvalue weighted by Gasteiger charge is 2.49. The van der Waals surface area contributed by atoms with E-state index in [1.165, 1.54) is 37.3 Å². The number of ether oxygens (including phenoxy) is 6. The SMILES string of the molecule is CC(=O)O[C@@H](C(=O)O)[C@@H](OC(C)=O)C(=O)NCc1ccc(Cc2ccccc2Cl)s1.CC(=O)O[C@H]1C(=O)OC(=O)[C@@H]1OC(C)=O.CC(C)(C)CC(=O)NCc1ccc(Br)s1.CC(C)(C)OC(=O)NCc1ccc(Cc2ccccc2Cl)s1.O=C(NCc1ccc(Cc2ccccc2Cl)s1)[C@H](O)[C@@H](O)C(=O)N1Cc2ccccc2C1. The standard InChI is InChI=1S/C24H23ClN2O4S.C20H20ClNO7S.C17H20ClNO2S.C11H16BrNOS.C8H8O7/c25-20-8-4-3-5-15(20)11-18-9-10-19(32-18)12-26-23(30)21(28)22(29)24(31)27-13-16-6-1-2-7-17(16)14-27;1-11(23)28-17(18(20(26)27)29-12(2)24)19(25)22-10-15-8-7-14(30-15)9-13-5-3-4-6-16(13)21;1-17(2,3)21-16(20)19-11-14-9-8-13(22-14)10-12-6-4-5-7-15(12)18;1-11(2,3)6-10(14)13-7-8-4-5-9(12)15-8;1-3(9)13-5-6(14-4(2)10)8(12)15-7(5)11/h1-10,21-22,28-29H,11-14H2,(H,26,30);3-8,17-18H,9-10H2,1-2H3,(H,22,25)(H,26,27);4-9H,10-11H2,1-3H3,(H,19,20);4-5H,6-7H2,1-3H3,(H,13,14);5-6H,1-2H3/t21-,22-;17-,18-;;;5-,6-/m11..1/s1. The molecule has 0 radical (unpaired) electrons. The third kappa shape index (κ3) is 32.5. The summed E-state index contributed by atoms with van der Waals surface area (Å²) in [7, 11) is 0. The highest BCUT2D eigenvalue weighted by Crippen LogP contribution is 2.30. The van der Waals surface area contributed by atoms with Gasteiger partial charge in [0.2, 0.25) is 30.3 Å². The molecule has 6 heterocycles. The number of benzene rings is 4. The molecule has 2 aliphatic rings. The van der Waals surface area contributed by atoms with Gasteiger partial charge in [-0.15, -0.1) is 45.3 Å². The molecule has 1 fully saturated rings. The normalized spacial score (nSPS) is 14.3. The molecule has 2 aliphatic heterocycles. The van der Waals surface area contributed by atoms with Crippen LogP contribution in [0.25, 0.3) is 0 Å². The summed E-state index contributed by atoms with van der Waals surface area (Å²) in [5.41, 5.74) is 4.67.